The Bertz CT molecular complexity index is 284. The molecule has 0 aromatic heterocycles. The Hall–Kier alpha value is -0.820. The second-order valence-corrected chi connectivity index (χ2v) is 4.83. The molecule has 0 aromatic rings. The number of alkyl halides is 3. The topological polar surface area (TPSA) is 49.6 Å². The summed E-state index contributed by atoms with van der Waals surface area (Å²) in [5, 5.41) is 0. The molecule has 0 aromatic carbocycles. The fourth-order valence-electron chi connectivity index (χ4n) is 2.17. The number of hydrogen-bond donors (Lipinski definition) is 1. The van der Waals surface area contributed by atoms with Gasteiger partial charge < -0.3 is 15.5 Å². The van der Waals surface area contributed by atoms with E-state index in [1.807, 2.05) is 0 Å². The Morgan fingerprint density at radius 2 is 1.89 bits per heavy atom. The molecule has 1 fully saturated rings. The van der Waals surface area contributed by atoms with Gasteiger partial charge in [0.1, 0.15) is 0 Å². The van der Waals surface area contributed by atoms with Crippen molar-refractivity contribution in [3.63, 3.8) is 0 Å². The summed E-state index contributed by atoms with van der Waals surface area (Å²) < 4.78 is 36.2. The summed E-state index contributed by atoms with van der Waals surface area (Å²) in [5.74, 6) is -0.391. The quantitative estimate of drug-likeness (QED) is 0.824. The van der Waals surface area contributed by atoms with Crippen molar-refractivity contribution < 1.29 is 18.0 Å². The number of halogens is 3. The van der Waals surface area contributed by atoms with Crippen LogP contribution in [-0.4, -0.2) is 61.2 Å². The van der Waals surface area contributed by atoms with E-state index in [1.54, 1.807) is 4.90 Å². The molecule has 112 valence electrons. The van der Waals surface area contributed by atoms with E-state index in [-0.39, 0.29) is 0 Å². The first-order chi connectivity index (χ1) is 8.92. The van der Waals surface area contributed by atoms with E-state index in [2.05, 4.69) is 4.90 Å². The van der Waals surface area contributed by atoms with E-state index < -0.39 is 24.9 Å². The van der Waals surface area contributed by atoms with E-state index in [4.69, 9.17) is 5.73 Å². The van der Waals surface area contributed by atoms with Crippen LogP contribution in [0.3, 0.4) is 0 Å². The van der Waals surface area contributed by atoms with Gasteiger partial charge >= 0.3 is 6.18 Å². The lowest BCUT2D eigenvalue weighted by atomic mass is 10.2. The molecule has 1 aliphatic rings. The largest absolute Gasteiger partial charge is 0.389 e. The van der Waals surface area contributed by atoms with Crippen LogP contribution in [0.5, 0.6) is 0 Å². The summed E-state index contributed by atoms with van der Waals surface area (Å²) in [7, 11) is 0. The minimum atomic E-state index is -4.26. The van der Waals surface area contributed by atoms with Gasteiger partial charge in [-0.2, -0.15) is 13.2 Å². The minimum absolute atomic E-state index is 0.391. The average Bonchev–Trinajstić information content (AvgIpc) is 2.58. The van der Waals surface area contributed by atoms with Crippen molar-refractivity contribution in [1.29, 1.82) is 0 Å². The molecule has 0 aliphatic carbocycles. The molecule has 0 atom stereocenters. The SMILES string of the molecule is NCCCN1CCCN(C(=O)CCC(F)(F)F)CC1. The Morgan fingerprint density at radius 1 is 1.16 bits per heavy atom. The van der Waals surface area contributed by atoms with Crippen LogP contribution in [0.2, 0.25) is 0 Å². The van der Waals surface area contributed by atoms with Crippen LogP contribution < -0.4 is 5.73 Å². The Morgan fingerprint density at radius 3 is 2.53 bits per heavy atom. The first-order valence-electron chi connectivity index (χ1n) is 6.69. The Balaban J connectivity index is 2.33. The lowest BCUT2D eigenvalue weighted by Crippen LogP contribution is -2.36. The molecule has 0 spiro atoms. The molecule has 0 bridgehead atoms. The lowest BCUT2D eigenvalue weighted by Gasteiger charge is -2.22. The maximum atomic E-state index is 12.1. The summed E-state index contributed by atoms with van der Waals surface area (Å²) in [6.45, 7) is 4.18. The van der Waals surface area contributed by atoms with Gasteiger partial charge in [-0.25, -0.2) is 0 Å². The van der Waals surface area contributed by atoms with Crippen molar-refractivity contribution in [3.05, 3.63) is 0 Å². The van der Waals surface area contributed by atoms with Crippen molar-refractivity contribution in [2.75, 3.05) is 39.3 Å². The highest BCUT2D eigenvalue weighted by Gasteiger charge is 2.29. The Kier molecular flexibility index (Phi) is 6.57. The van der Waals surface area contributed by atoms with Gasteiger partial charge in [0.15, 0.2) is 0 Å². The van der Waals surface area contributed by atoms with Crippen LogP contribution in [-0.2, 0) is 4.79 Å². The molecular formula is C12H22F3N3O. The highest BCUT2D eigenvalue weighted by Crippen LogP contribution is 2.22. The molecule has 19 heavy (non-hydrogen) atoms. The maximum absolute atomic E-state index is 12.1. The Labute approximate surface area is 111 Å². The normalized spacial score (nSPS) is 18.4. The number of carbonyl (C=O) groups excluding carboxylic acids is 1. The lowest BCUT2D eigenvalue weighted by molar-refractivity contribution is -0.149. The second kappa shape index (κ2) is 7.69. The van der Waals surface area contributed by atoms with Crippen molar-refractivity contribution in [1.82, 2.24) is 9.80 Å². The third-order valence-electron chi connectivity index (χ3n) is 3.24. The first kappa shape index (κ1) is 16.2. The first-order valence-corrected chi connectivity index (χ1v) is 6.69. The van der Waals surface area contributed by atoms with Gasteiger partial charge in [-0.3, -0.25) is 4.79 Å². The van der Waals surface area contributed by atoms with E-state index in [1.165, 1.54) is 0 Å². The zero-order chi connectivity index (χ0) is 14.3. The van der Waals surface area contributed by atoms with Crippen LogP contribution in [0.25, 0.3) is 0 Å². The fraction of sp³-hybridized carbons (Fsp3) is 0.917. The van der Waals surface area contributed by atoms with Crippen molar-refractivity contribution in [2.45, 2.75) is 31.9 Å². The van der Waals surface area contributed by atoms with Gasteiger partial charge in [-0.1, -0.05) is 0 Å². The van der Waals surface area contributed by atoms with Gasteiger partial charge in [0, 0.05) is 26.1 Å². The van der Waals surface area contributed by atoms with Gasteiger partial charge in [-0.05, 0) is 32.5 Å². The highest BCUT2D eigenvalue weighted by molar-refractivity contribution is 5.76. The highest BCUT2D eigenvalue weighted by atomic mass is 19.4. The molecule has 1 heterocycles. The minimum Gasteiger partial charge on any atom is -0.341 e. The fourth-order valence-corrected chi connectivity index (χ4v) is 2.17. The molecule has 0 unspecified atom stereocenters. The second-order valence-electron chi connectivity index (χ2n) is 4.83. The molecule has 7 heteroatoms. The van der Waals surface area contributed by atoms with Crippen molar-refractivity contribution >= 4 is 5.91 Å². The third kappa shape index (κ3) is 6.77. The third-order valence-corrected chi connectivity index (χ3v) is 3.24. The summed E-state index contributed by atoms with van der Waals surface area (Å²) in [6.07, 6.45) is -4.01. The number of carbonyl (C=O) groups is 1. The predicted octanol–water partition coefficient (Wildman–Crippen LogP) is 1.21. The summed E-state index contributed by atoms with van der Waals surface area (Å²) in [5.41, 5.74) is 5.44. The van der Waals surface area contributed by atoms with E-state index in [0.717, 1.165) is 32.5 Å². The number of nitrogens with zero attached hydrogens (tertiary/aromatic N) is 2. The van der Waals surface area contributed by atoms with Crippen LogP contribution in [0.4, 0.5) is 13.2 Å². The molecule has 0 radical (unpaired) electrons. The maximum Gasteiger partial charge on any atom is 0.389 e. The molecular weight excluding hydrogens is 259 g/mol. The number of hydrogen-bond acceptors (Lipinski definition) is 3. The summed E-state index contributed by atoms with van der Waals surface area (Å²) >= 11 is 0. The van der Waals surface area contributed by atoms with Crippen molar-refractivity contribution in [3.8, 4) is 0 Å². The smallest absolute Gasteiger partial charge is 0.341 e. The summed E-state index contributed by atoms with van der Waals surface area (Å²) in [4.78, 5) is 15.5. The monoisotopic (exact) mass is 281 g/mol. The number of amides is 1. The molecule has 0 saturated carbocycles. The molecule has 2 N–H and O–H groups in total. The summed E-state index contributed by atoms with van der Waals surface area (Å²) in [6, 6.07) is 0. The van der Waals surface area contributed by atoms with Crippen LogP contribution in [0, 0.1) is 0 Å². The van der Waals surface area contributed by atoms with Gasteiger partial charge in [-0.15, -0.1) is 0 Å². The number of rotatable bonds is 5. The van der Waals surface area contributed by atoms with E-state index >= 15 is 0 Å². The predicted molar refractivity (Wildman–Crippen MR) is 66.6 cm³/mol. The van der Waals surface area contributed by atoms with Gasteiger partial charge in [0.2, 0.25) is 5.91 Å². The molecule has 1 rings (SSSR count). The average molecular weight is 281 g/mol. The number of nitrogens with two attached hydrogens (primary N) is 1. The zero-order valence-electron chi connectivity index (χ0n) is 11.1. The van der Waals surface area contributed by atoms with Crippen LogP contribution in [0.15, 0.2) is 0 Å². The van der Waals surface area contributed by atoms with Gasteiger partial charge in [0.05, 0.1) is 6.42 Å². The van der Waals surface area contributed by atoms with Crippen molar-refractivity contribution in [2.24, 2.45) is 5.73 Å². The molecule has 1 aliphatic heterocycles. The van der Waals surface area contributed by atoms with E-state index in [0.29, 0.717) is 19.6 Å². The molecule has 1 amide bonds. The molecule has 1 saturated heterocycles. The zero-order valence-corrected chi connectivity index (χ0v) is 11.1. The molecule has 4 nitrogen and oxygen atoms in total. The van der Waals surface area contributed by atoms with Gasteiger partial charge in [0.25, 0.3) is 0 Å². The van der Waals surface area contributed by atoms with Crippen LogP contribution in [0.1, 0.15) is 25.7 Å². The van der Waals surface area contributed by atoms with Crippen LogP contribution >= 0.6 is 0 Å². The van der Waals surface area contributed by atoms with E-state index in [9.17, 15) is 18.0 Å². The standard InChI is InChI=1S/C12H22F3N3O/c13-12(14,15)4-3-11(19)18-8-2-7-17(9-10-18)6-1-5-16/h1-10,16H2.